The first-order valence-electron chi connectivity index (χ1n) is 12.0. The van der Waals surface area contributed by atoms with Gasteiger partial charge in [0.15, 0.2) is 11.5 Å². The van der Waals surface area contributed by atoms with Crippen LogP contribution in [0.4, 0.5) is 0 Å². The summed E-state index contributed by atoms with van der Waals surface area (Å²) in [6.45, 7) is 8.15. The summed E-state index contributed by atoms with van der Waals surface area (Å²) in [5.74, 6) is 4.38. The molecule has 0 aromatic heterocycles. The zero-order chi connectivity index (χ0) is 21.0. The van der Waals surface area contributed by atoms with Crippen molar-refractivity contribution < 1.29 is 19.3 Å². The van der Waals surface area contributed by atoms with Crippen LogP contribution in [0.5, 0.6) is 11.5 Å². The minimum absolute atomic E-state index is 0.563. The van der Waals surface area contributed by atoms with E-state index >= 15 is 0 Å². The number of methoxy groups -OCH3 is 1. The minimum atomic E-state index is 0.563. The van der Waals surface area contributed by atoms with Crippen molar-refractivity contribution in [1.29, 1.82) is 0 Å². The second-order valence-electron chi connectivity index (χ2n) is 9.68. The van der Waals surface area contributed by atoms with Gasteiger partial charge in [-0.2, -0.15) is 0 Å². The Morgan fingerprint density at radius 1 is 0.839 bits per heavy atom. The largest absolute Gasteiger partial charge is 0.493 e. The van der Waals surface area contributed by atoms with Gasteiger partial charge in [0.25, 0.3) is 0 Å². The fraction of sp³-hybridized carbons (Fsp3) is 0.481. The molecule has 4 nitrogen and oxygen atoms in total. The second-order valence-corrected chi connectivity index (χ2v) is 9.68. The molecule has 0 unspecified atom stereocenters. The minimum Gasteiger partial charge on any atom is -0.493 e. The third-order valence-electron chi connectivity index (χ3n) is 7.55. The maximum Gasteiger partial charge on any atom is 0.162 e. The molecule has 2 bridgehead atoms. The van der Waals surface area contributed by atoms with Gasteiger partial charge >= 0.3 is 0 Å². The van der Waals surface area contributed by atoms with Crippen LogP contribution in [0.1, 0.15) is 24.0 Å². The molecule has 0 amide bonds. The molecule has 2 N–H and O–H groups in total. The molecule has 2 aliphatic carbocycles. The predicted octanol–water partition coefficient (Wildman–Crippen LogP) is 1.77. The molecule has 2 aromatic rings. The summed E-state index contributed by atoms with van der Waals surface area (Å²) in [4.78, 5) is 3.52. The number of piperazine rings is 1. The van der Waals surface area contributed by atoms with Crippen molar-refractivity contribution in [3.8, 4) is 11.5 Å². The Morgan fingerprint density at radius 2 is 1.65 bits per heavy atom. The predicted molar refractivity (Wildman–Crippen MR) is 123 cm³/mol. The Labute approximate surface area is 186 Å². The third-order valence-corrected chi connectivity index (χ3v) is 7.55. The van der Waals surface area contributed by atoms with E-state index in [1.165, 1.54) is 56.7 Å². The molecule has 1 saturated carbocycles. The van der Waals surface area contributed by atoms with E-state index in [2.05, 4.69) is 42.5 Å². The summed E-state index contributed by atoms with van der Waals surface area (Å²) < 4.78 is 11.7. The van der Waals surface area contributed by atoms with Crippen molar-refractivity contribution in [2.45, 2.75) is 26.0 Å². The fourth-order valence-corrected chi connectivity index (χ4v) is 5.81. The Hall–Kier alpha value is -2.30. The smallest absolute Gasteiger partial charge is 0.162 e. The van der Waals surface area contributed by atoms with Gasteiger partial charge in [-0.05, 0) is 48.4 Å². The van der Waals surface area contributed by atoms with Gasteiger partial charge in [0.2, 0.25) is 0 Å². The average Bonchev–Trinajstić information content (AvgIpc) is 3.43. The number of nitrogens with one attached hydrogen (secondary N) is 2. The Morgan fingerprint density at radius 3 is 2.35 bits per heavy atom. The highest BCUT2D eigenvalue weighted by molar-refractivity contribution is 5.43. The highest BCUT2D eigenvalue weighted by Crippen LogP contribution is 2.42. The van der Waals surface area contributed by atoms with Crippen LogP contribution in [-0.4, -0.2) is 39.8 Å². The zero-order valence-corrected chi connectivity index (χ0v) is 18.7. The molecule has 31 heavy (non-hydrogen) atoms. The molecule has 0 spiro atoms. The highest BCUT2D eigenvalue weighted by Gasteiger charge is 2.38. The number of hydrogen-bond acceptors (Lipinski definition) is 2. The van der Waals surface area contributed by atoms with Crippen LogP contribution in [-0.2, 0) is 13.2 Å². The van der Waals surface area contributed by atoms with Crippen LogP contribution in [0.25, 0.3) is 0 Å². The van der Waals surface area contributed by atoms with Gasteiger partial charge in [-0.1, -0.05) is 42.5 Å². The molecule has 2 aromatic carbocycles. The lowest BCUT2D eigenvalue weighted by Crippen LogP contribution is -3.27. The molecule has 1 aliphatic heterocycles. The van der Waals surface area contributed by atoms with Crippen molar-refractivity contribution in [3.63, 3.8) is 0 Å². The van der Waals surface area contributed by atoms with Gasteiger partial charge in [-0.15, -0.1) is 0 Å². The molecular weight excluding hydrogens is 384 g/mol. The summed E-state index contributed by atoms with van der Waals surface area (Å²) >= 11 is 0. The molecule has 164 valence electrons. The summed E-state index contributed by atoms with van der Waals surface area (Å²) in [7, 11) is 1.71. The van der Waals surface area contributed by atoms with Crippen molar-refractivity contribution in [3.05, 3.63) is 71.8 Å². The van der Waals surface area contributed by atoms with Crippen LogP contribution in [0, 0.1) is 17.8 Å². The van der Waals surface area contributed by atoms with Crippen molar-refractivity contribution in [2.75, 3.05) is 39.8 Å². The van der Waals surface area contributed by atoms with E-state index in [9.17, 15) is 0 Å². The maximum absolute atomic E-state index is 6.12. The van der Waals surface area contributed by atoms with Gasteiger partial charge < -0.3 is 19.3 Å². The molecule has 4 heteroatoms. The van der Waals surface area contributed by atoms with Gasteiger partial charge in [-0.25, -0.2) is 0 Å². The zero-order valence-electron chi connectivity index (χ0n) is 18.7. The van der Waals surface area contributed by atoms with E-state index in [1.807, 2.05) is 23.1 Å². The molecule has 3 aliphatic rings. The van der Waals surface area contributed by atoms with E-state index < -0.39 is 0 Å². The Kier molecular flexibility index (Phi) is 6.28. The SMILES string of the molecule is COc1ccc(C[NH+]2CC[NH+](C[C@@H]3C[C@@H]4C=C[C@H]3C4)CC2)cc1OCc1ccccc1. The van der Waals surface area contributed by atoms with E-state index in [1.54, 1.807) is 12.0 Å². The summed E-state index contributed by atoms with van der Waals surface area (Å²) in [6, 6.07) is 16.7. The first-order valence-corrected chi connectivity index (χ1v) is 12.0. The first-order chi connectivity index (χ1) is 15.3. The lowest BCUT2D eigenvalue weighted by Gasteiger charge is -2.32. The van der Waals surface area contributed by atoms with E-state index in [4.69, 9.17) is 9.47 Å². The number of quaternary nitrogens is 2. The lowest BCUT2D eigenvalue weighted by atomic mass is 9.93. The number of allylic oxidation sites excluding steroid dienone is 2. The molecule has 3 atom stereocenters. The van der Waals surface area contributed by atoms with Crippen LogP contribution in [0.3, 0.4) is 0 Å². The van der Waals surface area contributed by atoms with E-state index in [-0.39, 0.29) is 0 Å². The number of hydrogen-bond donors (Lipinski definition) is 2. The van der Waals surface area contributed by atoms with Crippen LogP contribution >= 0.6 is 0 Å². The number of rotatable bonds is 8. The second kappa shape index (κ2) is 9.46. The van der Waals surface area contributed by atoms with Crippen molar-refractivity contribution >= 4 is 0 Å². The van der Waals surface area contributed by atoms with E-state index in [0.29, 0.717) is 6.61 Å². The Bertz CT molecular complexity index is 889. The summed E-state index contributed by atoms with van der Waals surface area (Å²) in [6.07, 6.45) is 7.84. The highest BCUT2D eigenvalue weighted by atomic mass is 16.5. The fourth-order valence-electron chi connectivity index (χ4n) is 5.81. The van der Waals surface area contributed by atoms with Crippen LogP contribution < -0.4 is 19.3 Å². The number of ether oxygens (including phenoxy) is 2. The maximum atomic E-state index is 6.12. The van der Waals surface area contributed by atoms with Crippen molar-refractivity contribution in [2.24, 2.45) is 17.8 Å². The average molecular weight is 421 g/mol. The molecule has 5 rings (SSSR count). The van der Waals surface area contributed by atoms with Gasteiger partial charge in [0.05, 0.1) is 13.7 Å². The normalized spacial score (nSPS) is 29.3. The molecule has 1 saturated heterocycles. The van der Waals surface area contributed by atoms with Crippen molar-refractivity contribution in [1.82, 2.24) is 0 Å². The van der Waals surface area contributed by atoms with Crippen LogP contribution in [0.2, 0.25) is 0 Å². The first kappa shape index (κ1) is 20.6. The van der Waals surface area contributed by atoms with E-state index in [0.717, 1.165) is 35.8 Å². The van der Waals surface area contributed by atoms with Gasteiger partial charge in [0, 0.05) is 11.5 Å². The summed E-state index contributed by atoms with van der Waals surface area (Å²) in [5.41, 5.74) is 2.51. The Balaban J connectivity index is 1.13. The topological polar surface area (TPSA) is 27.3 Å². The van der Waals surface area contributed by atoms with Gasteiger partial charge in [0.1, 0.15) is 39.3 Å². The lowest BCUT2D eigenvalue weighted by molar-refractivity contribution is -1.02. The quantitative estimate of drug-likeness (QED) is 0.637. The molecule has 1 heterocycles. The number of fused-ring (bicyclic) bond motifs is 2. The molecule has 2 fully saturated rings. The standard InChI is InChI=1S/C27H34N2O2/c1-30-26-10-8-23(17-27(26)31-20-21-5-3-2-4-6-21)18-28-11-13-29(14-12-28)19-25-16-22-7-9-24(25)15-22/h2-10,17,22,24-25H,11-16,18-20H2,1H3/p+2/t22-,24+,25+/m1/s1. The third kappa shape index (κ3) is 4.97. The summed E-state index contributed by atoms with van der Waals surface area (Å²) in [5, 5.41) is 0. The molecule has 0 radical (unpaired) electrons. The van der Waals surface area contributed by atoms with Gasteiger partial charge in [-0.3, -0.25) is 0 Å². The van der Waals surface area contributed by atoms with Crippen LogP contribution in [0.15, 0.2) is 60.7 Å². The monoisotopic (exact) mass is 420 g/mol. The molecular formula is C27H36N2O2+2. The number of benzene rings is 2.